The van der Waals surface area contributed by atoms with E-state index >= 15 is 0 Å². The molecule has 0 aliphatic carbocycles. The van der Waals surface area contributed by atoms with Crippen LogP contribution in [0.4, 0.5) is 0 Å². The van der Waals surface area contributed by atoms with E-state index in [1.807, 2.05) is 45.0 Å². The fourth-order valence-electron chi connectivity index (χ4n) is 2.03. The van der Waals surface area contributed by atoms with Gasteiger partial charge in [0.25, 0.3) is 5.91 Å². The minimum absolute atomic E-state index is 0.0600. The van der Waals surface area contributed by atoms with Gasteiger partial charge in [0.1, 0.15) is 11.3 Å². The zero-order chi connectivity index (χ0) is 15.2. The molecule has 4 nitrogen and oxygen atoms in total. The van der Waals surface area contributed by atoms with Crippen LogP contribution in [-0.4, -0.2) is 28.9 Å². The molecule has 1 amide bonds. The Hall–Kier alpha value is -2.36. The largest absolute Gasteiger partial charge is 0.438 e. The Labute approximate surface area is 125 Å². The van der Waals surface area contributed by atoms with Crippen molar-refractivity contribution in [1.82, 2.24) is 9.88 Å². The Morgan fingerprint density at radius 3 is 2.43 bits per heavy atom. The summed E-state index contributed by atoms with van der Waals surface area (Å²) in [7, 11) is 0. The molecule has 0 saturated heterocycles. The summed E-state index contributed by atoms with van der Waals surface area (Å²) in [5, 5.41) is 0. The zero-order valence-electron chi connectivity index (χ0n) is 12.7. The molecular weight excluding hydrogens is 264 g/mol. The van der Waals surface area contributed by atoms with Gasteiger partial charge in [0.2, 0.25) is 5.88 Å². The smallest absolute Gasteiger partial charge is 0.259 e. The number of carbonyl (C=O) groups excluding carboxylic acids is 1. The maximum atomic E-state index is 12.5. The van der Waals surface area contributed by atoms with Crippen LogP contribution in [0.2, 0.25) is 0 Å². The van der Waals surface area contributed by atoms with Gasteiger partial charge in [-0.15, -0.1) is 0 Å². The number of rotatable bonds is 5. The topological polar surface area (TPSA) is 42.4 Å². The highest BCUT2D eigenvalue weighted by Crippen LogP contribution is 2.24. The summed E-state index contributed by atoms with van der Waals surface area (Å²) >= 11 is 0. The molecule has 1 aromatic carbocycles. The average Bonchev–Trinajstić information content (AvgIpc) is 2.51. The number of carbonyl (C=O) groups is 1. The molecule has 0 unspecified atom stereocenters. The van der Waals surface area contributed by atoms with Gasteiger partial charge in [0.05, 0.1) is 0 Å². The van der Waals surface area contributed by atoms with Gasteiger partial charge in [-0.1, -0.05) is 17.7 Å². The van der Waals surface area contributed by atoms with Crippen LogP contribution in [0.5, 0.6) is 11.6 Å². The predicted octanol–water partition coefficient (Wildman–Crippen LogP) is 3.66. The van der Waals surface area contributed by atoms with Crippen molar-refractivity contribution in [2.45, 2.75) is 20.8 Å². The first kappa shape index (κ1) is 15.0. The van der Waals surface area contributed by atoms with Crippen LogP contribution < -0.4 is 4.74 Å². The second-order valence-corrected chi connectivity index (χ2v) is 4.75. The molecular formula is C17H20N2O2. The lowest BCUT2D eigenvalue weighted by Crippen LogP contribution is -2.30. The lowest BCUT2D eigenvalue weighted by Gasteiger charge is -2.19. The number of aromatic nitrogens is 1. The maximum Gasteiger partial charge on any atom is 0.259 e. The van der Waals surface area contributed by atoms with Crippen LogP contribution in [0.1, 0.15) is 29.8 Å². The van der Waals surface area contributed by atoms with Crippen LogP contribution in [0.15, 0.2) is 42.6 Å². The summed E-state index contributed by atoms with van der Waals surface area (Å²) in [6, 6.07) is 11.2. The maximum absolute atomic E-state index is 12.5. The van der Waals surface area contributed by atoms with Crippen molar-refractivity contribution in [3.05, 3.63) is 53.7 Å². The summed E-state index contributed by atoms with van der Waals surface area (Å²) in [6.07, 6.45) is 1.63. The number of pyridine rings is 1. The molecule has 0 aliphatic rings. The predicted molar refractivity (Wildman–Crippen MR) is 82.7 cm³/mol. The SMILES string of the molecule is CCN(CC)C(=O)c1cccnc1Oc1ccc(C)cc1. The fourth-order valence-corrected chi connectivity index (χ4v) is 2.03. The lowest BCUT2D eigenvalue weighted by atomic mass is 10.2. The molecule has 0 spiro atoms. The molecule has 0 atom stereocenters. The monoisotopic (exact) mass is 284 g/mol. The van der Waals surface area contributed by atoms with E-state index in [0.717, 1.165) is 5.56 Å². The van der Waals surface area contributed by atoms with E-state index in [1.54, 1.807) is 23.2 Å². The van der Waals surface area contributed by atoms with Crippen molar-refractivity contribution in [3.63, 3.8) is 0 Å². The Balaban J connectivity index is 2.28. The molecule has 0 saturated carbocycles. The van der Waals surface area contributed by atoms with Gasteiger partial charge in [-0.05, 0) is 45.0 Å². The molecule has 4 heteroatoms. The molecule has 1 aromatic heterocycles. The first-order valence-electron chi connectivity index (χ1n) is 7.14. The van der Waals surface area contributed by atoms with Crippen molar-refractivity contribution in [2.24, 2.45) is 0 Å². The zero-order valence-corrected chi connectivity index (χ0v) is 12.7. The Bertz CT molecular complexity index is 604. The van der Waals surface area contributed by atoms with Crippen molar-refractivity contribution >= 4 is 5.91 Å². The van der Waals surface area contributed by atoms with Crippen LogP contribution in [0.3, 0.4) is 0 Å². The molecule has 0 fully saturated rings. The van der Waals surface area contributed by atoms with Crippen LogP contribution in [0.25, 0.3) is 0 Å². The summed E-state index contributed by atoms with van der Waals surface area (Å²) in [4.78, 5) is 18.4. The molecule has 2 aromatic rings. The van der Waals surface area contributed by atoms with Crippen LogP contribution in [-0.2, 0) is 0 Å². The van der Waals surface area contributed by atoms with Gasteiger partial charge in [-0.25, -0.2) is 4.98 Å². The van der Waals surface area contributed by atoms with Gasteiger partial charge in [-0.3, -0.25) is 4.79 Å². The van der Waals surface area contributed by atoms with Gasteiger partial charge < -0.3 is 9.64 Å². The summed E-state index contributed by atoms with van der Waals surface area (Å²) in [6.45, 7) is 7.25. The Morgan fingerprint density at radius 1 is 1.14 bits per heavy atom. The number of ether oxygens (including phenoxy) is 1. The van der Waals surface area contributed by atoms with Crippen molar-refractivity contribution in [2.75, 3.05) is 13.1 Å². The quantitative estimate of drug-likeness (QED) is 0.841. The third-order valence-corrected chi connectivity index (χ3v) is 3.29. The van der Waals surface area contributed by atoms with Gasteiger partial charge >= 0.3 is 0 Å². The number of benzene rings is 1. The number of amides is 1. The van der Waals surface area contributed by atoms with Gasteiger partial charge in [0, 0.05) is 19.3 Å². The van der Waals surface area contributed by atoms with Crippen molar-refractivity contribution in [3.8, 4) is 11.6 Å². The highest BCUT2D eigenvalue weighted by Gasteiger charge is 2.18. The van der Waals surface area contributed by atoms with E-state index in [-0.39, 0.29) is 5.91 Å². The minimum atomic E-state index is -0.0600. The van der Waals surface area contributed by atoms with E-state index in [2.05, 4.69) is 4.98 Å². The molecule has 0 bridgehead atoms. The van der Waals surface area contributed by atoms with E-state index in [1.165, 1.54) is 0 Å². The minimum Gasteiger partial charge on any atom is -0.438 e. The third kappa shape index (κ3) is 3.60. The van der Waals surface area contributed by atoms with Crippen LogP contribution in [0, 0.1) is 6.92 Å². The first-order chi connectivity index (χ1) is 10.2. The average molecular weight is 284 g/mol. The third-order valence-electron chi connectivity index (χ3n) is 3.29. The molecule has 110 valence electrons. The molecule has 0 radical (unpaired) electrons. The standard InChI is InChI=1S/C17H20N2O2/c1-4-19(5-2)17(20)15-7-6-12-18-16(15)21-14-10-8-13(3)9-11-14/h6-12H,4-5H2,1-3H3. The second kappa shape index (κ2) is 6.88. The Morgan fingerprint density at radius 2 is 1.81 bits per heavy atom. The fraction of sp³-hybridized carbons (Fsp3) is 0.294. The number of aryl methyl sites for hydroxylation is 1. The van der Waals surface area contributed by atoms with Crippen molar-refractivity contribution < 1.29 is 9.53 Å². The first-order valence-corrected chi connectivity index (χ1v) is 7.14. The van der Waals surface area contributed by atoms with Crippen molar-refractivity contribution in [1.29, 1.82) is 0 Å². The molecule has 21 heavy (non-hydrogen) atoms. The van der Waals surface area contributed by atoms with Gasteiger partial charge in [-0.2, -0.15) is 0 Å². The van der Waals surface area contributed by atoms with E-state index in [9.17, 15) is 4.79 Å². The summed E-state index contributed by atoms with van der Waals surface area (Å²) < 4.78 is 5.77. The van der Waals surface area contributed by atoms with E-state index < -0.39 is 0 Å². The van der Waals surface area contributed by atoms with Gasteiger partial charge in [0.15, 0.2) is 0 Å². The number of hydrogen-bond acceptors (Lipinski definition) is 3. The molecule has 2 rings (SSSR count). The normalized spacial score (nSPS) is 10.2. The van der Waals surface area contributed by atoms with E-state index in [4.69, 9.17) is 4.74 Å². The Kier molecular flexibility index (Phi) is 4.93. The highest BCUT2D eigenvalue weighted by atomic mass is 16.5. The summed E-state index contributed by atoms with van der Waals surface area (Å²) in [5.41, 5.74) is 1.64. The molecule has 1 heterocycles. The molecule has 0 N–H and O–H groups in total. The lowest BCUT2D eigenvalue weighted by molar-refractivity contribution is 0.0769. The van der Waals surface area contributed by atoms with E-state index in [0.29, 0.717) is 30.3 Å². The molecule has 0 aliphatic heterocycles. The van der Waals surface area contributed by atoms with Crippen LogP contribution >= 0.6 is 0 Å². The number of hydrogen-bond donors (Lipinski definition) is 0. The number of nitrogens with zero attached hydrogens (tertiary/aromatic N) is 2. The second-order valence-electron chi connectivity index (χ2n) is 4.75. The highest BCUT2D eigenvalue weighted by molar-refractivity contribution is 5.96. The summed E-state index contributed by atoms with van der Waals surface area (Å²) in [5.74, 6) is 0.960.